The van der Waals surface area contributed by atoms with Gasteiger partial charge in [-0.05, 0) is 49.2 Å². The van der Waals surface area contributed by atoms with Gasteiger partial charge in [-0.15, -0.1) is 0 Å². The van der Waals surface area contributed by atoms with E-state index in [1.54, 1.807) is 28.6 Å². The summed E-state index contributed by atoms with van der Waals surface area (Å²) in [6, 6.07) is 8.62. The van der Waals surface area contributed by atoms with Crippen molar-refractivity contribution in [2.45, 2.75) is 25.3 Å². The molecule has 1 aliphatic heterocycles. The minimum atomic E-state index is -3.47. The molecule has 0 unspecified atom stereocenters. The molecule has 1 aliphatic rings. The molecule has 1 fully saturated rings. The van der Waals surface area contributed by atoms with Crippen molar-refractivity contribution in [3.63, 3.8) is 0 Å². The summed E-state index contributed by atoms with van der Waals surface area (Å²) >= 11 is 0. The lowest BCUT2D eigenvalue weighted by molar-refractivity contribution is -0.918. The smallest absolute Gasteiger partial charge is 0.373 e. The number of hydrogen-bond acceptors (Lipinski definition) is 5. The fourth-order valence-corrected chi connectivity index (χ4v) is 4.70. The molecular formula is C19H25N2O5S+. The maximum Gasteiger partial charge on any atom is 0.373 e. The first-order chi connectivity index (χ1) is 12.8. The van der Waals surface area contributed by atoms with E-state index in [4.69, 9.17) is 4.42 Å². The van der Waals surface area contributed by atoms with Crippen LogP contribution in [0.1, 0.15) is 27.4 Å². The van der Waals surface area contributed by atoms with E-state index < -0.39 is 16.0 Å². The van der Waals surface area contributed by atoms with Gasteiger partial charge in [0, 0.05) is 0 Å². The van der Waals surface area contributed by atoms with Crippen LogP contribution >= 0.6 is 0 Å². The Morgan fingerprint density at radius 1 is 1.15 bits per heavy atom. The molecule has 0 spiro atoms. The average molecular weight is 393 g/mol. The van der Waals surface area contributed by atoms with Crippen LogP contribution in [0, 0.1) is 13.8 Å². The first-order valence-electron chi connectivity index (χ1n) is 8.89. The Labute approximate surface area is 159 Å². The number of piperazine rings is 1. The molecule has 2 heterocycles. The van der Waals surface area contributed by atoms with E-state index in [1.165, 1.54) is 12.0 Å². The number of carbonyl (C=O) groups excluding carboxylic acids is 1. The molecule has 2 aromatic rings. The third-order valence-corrected chi connectivity index (χ3v) is 6.91. The summed E-state index contributed by atoms with van der Waals surface area (Å²) in [5, 5.41) is 0. The molecule has 1 N–H and O–H groups in total. The SMILES string of the molecule is COC(=O)c1ccc(C[NH+]2CCN(S(=O)(=O)c3ccc(C)c(C)c3)CC2)o1. The van der Waals surface area contributed by atoms with Crippen LogP contribution in [0.4, 0.5) is 0 Å². The molecule has 1 aromatic carbocycles. The van der Waals surface area contributed by atoms with Gasteiger partial charge in [0.1, 0.15) is 6.54 Å². The highest BCUT2D eigenvalue weighted by molar-refractivity contribution is 7.89. The highest BCUT2D eigenvalue weighted by Gasteiger charge is 2.31. The molecule has 0 saturated carbocycles. The van der Waals surface area contributed by atoms with E-state index in [0.717, 1.165) is 11.1 Å². The minimum Gasteiger partial charge on any atom is -0.463 e. The molecule has 0 amide bonds. The predicted molar refractivity (Wildman–Crippen MR) is 99.1 cm³/mol. The zero-order valence-corrected chi connectivity index (χ0v) is 16.6. The number of rotatable bonds is 5. The van der Waals surface area contributed by atoms with Crippen LogP contribution in [0.5, 0.6) is 0 Å². The Kier molecular flexibility index (Phi) is 5.69. The van der Waals surface area contributed by atoms with Crippen molar-refractivity contribution in [3.8, 4) is 0 Å². The van der Waals surface area contributed by atoms with Crippen molar-refractivity contribution in [1.29, 1.82) is 0 Å². The highest BCUT2D eigenvalue weighted by Crippen LogP contribution is 2.19. The molecule has 7 nitrogen and oxygen atoms in total. The Morgan fingerprint density at radius 3 is 2.48 bits per heavy atom. The van der Waals surface area contributed by atoms with Gasteiger partial charge in [-0.3, -0.25) is 0 Å². The molecule has 8 heteroatoms. The van der Waals surface area contributed by atoms with Crippen LogP contribution in [-0.4, -0.2) is 52.0 Å². The summed E-state index contributed by atoms with van der Waals surface area (Å²) in [7, 11) is -2.16. The van der Waals surface area contributed by atoms with Crippen molar-refractivity contribution in [3.05, 3.63) is 53.0 Å². The van der Waals surface area contributed by atoms with Crippen LogP contribution < -0.4 is 4.90 Å². The van der Waals surface area contributed by atoms with Crippen LogP contribution in [-0.2, 0) is 21.3 Å². The normalized spacial score (nSPS) is 16.4. The van der Waals surface area contributed by atoms with Crippen molar-refractivity contribution in [2.75, 3.05) is 33.3 Å². The van der Waals surface area contributed by atoms with Gasteiger partial charge in [-0.2, -0.15) is 4.31 Å². The fraction of sp³-hybridized carbons (Fsp3) is 0.421. The number of benzene rings is 1. The van der Waals surface area contributed by atoms with E-state index in [0.29, 0.717) is 43.4 Å². The zero-order valence-electron chi connectivity index (χ0n) is 15.8. The summed E-state index contributed by atoms with van der Waals surface area (Å²) in [6.45, 7) is 6.76. The maximum atomic E-state index is 12.9. The van der Waals surface area contributed by atoms with Gasteiger partial charge >= 0.3 is 5.97 Å². The Bertz CT molecular complexity index is 927. The van der Waals surface area contributed by atoms with Gasteiger partial charge in [0.25, 0.3) is 0 Å². The molecular weight excluding hydrogens is 368 g/mol. The quantitative estimate of drug-likeness (QED) is 0.759. The van der Waals surface area contributed by atoms with Crippen molar-refractivity contribution in [1.82, 2.24) is 4.31 Å². The van der Waals surface area contributed by atoms with Gasteiger partial charge in [0.05, 0.1) is 38.2 Å². The summed E-state index contributed by atoms with van der Waals surface area (Å²) in [4.78, 5) is 13.0. The Balaban J connectivity index is 1.62. The van der Waals surface area contributed by atoms with Crippen LogP contribution in [0.2, 0.25) is 0 Å². The lowest BCUT2D eigenvalue weighted by Gasteiger charge is -2.31. The van der Waals surface area contributed by atoms with E-state index in [2.05, 4.69) is 4.74 Å². The third kappa shape index (κ3) is 4.23. The molecule has 1 aromatic heterocycles. The second-order valence-electron chi connectivity index (χ2n) is 6.83. The second kappa shape index (κ2) is 7.84. The maximum absolute atomic E-state index is 12.9. The number of quaternary nitrogens is 1. The lowest BCUT2D eigenvalue weighted by atomic mass is 10.1. The monoisotopic (exact) mass is 393 g/mol. The van der Waals surface area contributed by atoms with Gasteiger partial charge in [0.2, 0.25) is 15.8 Å². The van der Waals surface area contributed by atoms with Crippen LogP contribution in [0.15, 0.2) is 39.6 Å². The summed E-state index contributed by atoms with van der Waals surface area (Å²) in [5.74, 6) is 0.374. The summed E-state index contributed by atoms with van der Waals surface area (Å²) < 4.78 is 37.4. The van der Waals surface area contributed by atoms with Crippen LogP contribution in [0.25, 0.3) is 0 Å². The number of sulfonamides is 1. The number of aryl methyl sites for hydroxylation is 2. The van der Waals surface area contributed by atoms with Gasteiger partial charge in [-0.1, -0.05) is 6.07 Å². The first-order valence-corrected chi connectivity index (χ1v) is 10.3. The van der Waals surface area contributed by atoms with Crippen molar-refractivity contribution >= 4 is 16.0 Å². The lowest BCUT2D eigenvalue weighted by Crippen LogP contribution is -3.13. The number of nitrogens with one attached hydrogen (secondary N) is 1. The molecule has 146 valence electrons. The van der Waals surface area contributed by atoms with E-state index in [-0.39, 0.29) is 5.76 Å². The topological polar surface area (TPSA) is 81.3 Å². The molecule has 0 atom stereocenters. The number of methoxy groups -OCH3 is 1. The number of esters is 1. The molecule has 1 saturated heterocycles. The average Bonchev–Trinajstić information content (AvgIpc) is 3.12. The van der Waals surface area contributed by atoms with Crippen molar-refractivity contribution in [2.24, 2.45) is 0 Å². The first kappa shape index (κ1) is 19.6. The molecule has 27 heavy (non-hydrogen) atoms. The molecule has 3 rings (SSSR count). The van der Waals surface area contributed by atoms with E-state index in [9.17, 15) is 13.2 Å². The molecule has 0 radical (unpaired) electrons. The standard InChI is InChI=1S/C19H24N2O5S/c1-14-4-6-17(12-15(14)2)27(23,24)21-10-8-20(9-11-21)13-16-5-7-18(26-16)19(22)25-3/h4-7,12H,8-11,13H2,1-3H3/p+1. The highest BCUT2D eigenvalue weighted by atomic mass is 32.2. The molecule has 0 bridgehead atoms. The molecule has 0 aliphatic carbocycles. The van der Waals surface area contributed by atoms with Crippen LogP contribution in [0.3, 0.4) is 0 Å². The number of nitrogens with zero attached hydrogens (tertiary/aromatic N) is 1. The Hall–Kier alpha value is -2.16. The number of ether oxygens (including phenoxy) is 1. The number of furan rings is 1. The zero-order chi connectivity index (χ0) is 19.6. The second-order valence-corrected chi connectivity index (χ2v) is 8.77. The van der Waals surface area contributed by atoms with Gasteiger partial charge in [-0.25, -0.2) is 13.2 Å². The summed E-state index contributed by atoms with van der Waals surface area (Å²) in [5.41, 5.74) is 2.05. The van der Waals surface area contributed by atoms with E-state index >= 15 is 0 Å². The van der Waals surface area contributed by atoms with Gasteiger partial charge < -0.3 is 14.1 Å². The number of carbonyl (C=O) groups is 1. The van der Waals surface area contributed by atoms with E-state index in [1.807, 2.05) is 19.9 Å². The third-order valence-electron chi connectivity index (χ3n) is 5.02. The summed E-state index contributed by atoms with van der Waals surface area (Å²) in [6.07, 6.45) is 0. The Morgan fingerprint density at radius 2 is 1.85 bits per heavy atom. The van der Waals surface area contributed by atoms with Gasteiger partial charge in [0.15, 0.2) is 5.76 Å². The largest absolute Gasteiger partial charge is 0.463 e. The van der Waals surface area contributed by atoms with Crippen molar-refractivity contribution < 1.29 is 27.3 Å². The fourth-order valence-electron chi connectivity index (χ4n) is 3.17. The minimum absolute atomic E-state index is 0.183. The predicted octanol–water partition coefficient (Wildman–Crippen LogP) is 0.772. The number of hydrogen-bond donors (Lipinski definition) is 1.